The number of nitrogens with zero attached hydrogens (tertiary/aromatic N) is 3. The van der Waals surface area contributed by atoms with E-state index >= 15 is 0 Å². The van der Waals surface area contributed by atoms with E-state index in [0.29, 0.717) is 6.42 Å². The van der Waals surface area contributed by atoms with E-state index in [2.05, 4.69) is 37.2 Å². The second-order valence-corrected chi connectivity index (χ2v) is 4.89. The molecule has 1 aliphatic rings. The summed E-state index contributed by atoms with van der Waals surface area (Å²) in [6.45, 7) is 3.96. The molecule has 0 spiro atoms. The molecule has 19 heavy (non-hydrogen) atoms. The molecule has 0 saturated carbocycles. The highest BCUT2D eigenvalue weighted by molar-refractivity contribution is 9.10. The molecule has 2 rings (SSSR count). The molecule has 1 aromatic rings. The maximum absolute atomic E-state index is 8.96. The van der Waals surface area contributed by atoms with Crippen LogP contribution in [0.3, 0.4) is 0 Å². The Morgan fingerprint density at radius 3 is 2.58 bits per heavy atom. The lowest BCUT2D eigenvalue weighted by atomic mass is 10.0. The van der Waals surface area contributed by atoms with Crippen LogP contribution in [0.1, 0.15) is 18.0 Å². The van der Waals surface area contributed by atoms with E-state index in [4.69, 9.17) is 5.26 Å². The van der Waals surface area contributed by atoms with Crippen molar-refractivity contribution < 1.29 is 0 Å². The molecule has 0 radical (unpaired) electrons. The van der Waals surface area contributed by atoms with E-state index in [0.717, 1.165) is 36.3 Å². The molecule has 106 valence electrons. The van der Waals surface area contributed by atoms with Gasteiger partial charge in [0.15, 0.2) is 0 Å². The van der Waals surface area contributed by atoms with Crippen molar-refractivity contribution >= 4 is 40.7 Å². The number of hydrogen-bond donors (Lipinski definition) is 1. The molecule has 7 heteroatoms. The third kappa shape index (κ3) is 5.25. The summed E-state index contributed by atoms with van der Waals surface area (Å²) in [7, 11) is 0. The molecule has 0 amide bonds. The summed E-state index contributed by atoms with van der Waals surface area (Å²) in [5.41, 5.74) is 1.12. The average molecular weight is 368 g/mol. The fourth-order valence-corrected chi connectivity index (χ4v) is 2.36. The highest BCUT2D eigenvalue weighted by atomic mass is 79.9. The highest BCUT2D eigenvalue weighted by Gasteiger charge is 2.21. The number of piperazine rings is 1. The van der Waals surface area contributed by atoms with E-state index in [9.17, 15) is 0 Å². The van der Waals surface area contributed by atoms with Crippen LogP contribution in [0.4, 0.5) is 0 Å². The summed E-state index contributed by atoms with van der Waals surface area (Å²) in [6.07, 6.45) is 2.37. The molecule has 1 saturated heterocycles. The van der Waals surface area contributed by atoms with E-state index in [1.54, 1.807) is 0 Å². The Morgan fingerprint density at radius 1 is 1.37 bits per heavy atom. The molecular formula is C12H17BrCl2N4. The van der Waals surface area contributed by atoms with Crippen molar-refractivity contribution in [2.45, 2.75) is 12.5 Å². The minimum Gasteiger partial charge on any atom is -0.314 e. The van der Waals surface area contributed by atoms with Crippen LogP contribution in [0, 0.1) is 11.3 Å². The van der Waals surface area contributed by atoms with Crippen molar-refractivity contribution in [3.8, 4) is 6.07 Å². The van der Waals surface area contributed by atoms with Crippen molar-refractivity contribution in [2.75, 3.05) is 26.2 Å². The zero-order chi connectivity index (χ0) is 12.1. The predicted octanol–water partition coefficient (Wildman–Crippen LogP) is 2.55. The smallest absolute Gasteiger partial charge is 0.106 e. The monoisotopic (exact) mass is 366 g/mol. The quantitative estimate of drug-likeness (QED) is 0.834. The minimum absolute atomic E-state index is 0. The van der Waals surface area contributed by atoms with Gasteiger partial charge in [-0.3, -0.25) is 4.90 Å². The predicted molar refractivity (Wildman–Crippen MR) is 83.8 cm³/mol. The van der Waals surface area contributed by atoms with Crippen LogP contribution < -0.4 is 5.32 Å². The Kier molecular flexibility index (Phi) is 9.32. The van der Waals surface area contributed by atoms with Crippen LogP contribution in [0.5, 0.6) is 0 Å². The van der Waals surface area contributed by atoms with Gasteiger partial charge >= 0.3 is 0 Å². The molecule has 1 atom stereocenters. The first-order chi connectivity index (χ1) is 8.31. The molecule has 0 unspecified atom stereocenters. The molecule has 0 aliphatic carbocycles. The Labute approximate surface area is 134 Å². The van der Waals surface area contributed by atoms with Crippen molar-refractivity contribution in [1.29, 1.82) is 5.26 Å². The summed E-state index contributed by atoms with van der Waals surface area (Å²) < 4.78 is 0.831. The molecular weight excluding hydrogens is 351 g/mol. The van der Waals surface area contributed by atoms with Gasteiger partial charge in [0.05, 0.1) is 12.5 Å². The van der Waals surface area contributed by atoms with Gasteiger partial charge in [-0.2, -0.15) is 5.26 Å². The standard InChI is InChI=1S/C12H15BrN4.2ClH/c13-12-2-1-10(9-16-12)11(3-4-14)17-7-5-15-6-8-17;;/h1-2,9,11,15H,3,5-8H2;2*1H/t11-;;/m1../s1. The zero-order valence-corrected chi connectivity index (χ0v) is 13.6. The minimum atomic E-state index is 0. The van der Waals surface area contributed by atoms with Crippen LogP contribution in [-0.4, -0.2) is 36.1 Å². The Balaban J connectivity index is 0.00000162. The third-order valence-corrected chi connectivity index (χ3v) is 3.48. The van der Waals surface area contributed by atoms with Gasteiger partial charge < -0.3 is 5.32 Å². The first-order valence-electron chi connectivity index (χ1n) is 5.74. The summed E-state index contributed by atoms with van der Waals surface area (Å²) in [5, 5.41) is 12.3. The summed E-state index contributed by atoms with van der Waals surface area (Å²) >= 11 is 3.33. The van der Waals surface area contributed by atoms with Crippen LogP contribution >= 0.6 is 40.7 Å². The lowest BCUT2D eigenvalue weighted by Gasteiger charge is -2.33. The molecule has 1 aliphatic heterocycles. The maximum atomic E-state index is 8.96. The Hall–Kier alpha value is -0.380. The first kappa shape index (κ1) is 18.6. The number of rotatable bonds is 3. The fraction of sp³-hybridized carbons (Fsp3) is 0.500. The van der Waals surface area contributed by atoms with Crippen molar-refractivity contribution in [2.24, 2.45) is 0 Å². The number of nitrogens with one attached hydrogen (secondary N) is 1. The molecule has 0 aromatic carbocycles. The van der Waals surface area contributed by atoms with Crippen LogP contribution in [0.15, 0.2) is 22.9 Å². The lowest BCUT2D eigenvalue weighted by molar-refractivity contribution is 0.175. The number of hydrogen-bond acceptors (Lipinski definition) is 4. The summed E-state index contributed by atoms with van der Waals surface area (Å²) in [6, 6.07) is 6.42. The van der Waals surface area contributed by atoms with Crippen LogP contribution in [-0.2, 0) is 0 Å². The van der Waals surface area contributed by atoms with E-state index in [1.165, 1.54) is 0 Å². The number of pyridine rings is 1. The first-order valence-corrected chi connectivity index (χ1v) is 6.53. The van der Waals surface area contributed by atoms with Crippen molar-refractivity contribution in [1.82, 2.24) is 15.2 Å². The average Bonchev–Trinajstić information content (AvgIpc) is 2.38. The van der Waals surface area contributed by atoms with Gasteiger partial charge in [0.25, 0.3) is 0 Å². The molecule has 4 nitrogen and oxygen atoms in total. The van der Waals surface area contributed by atoms with Gasteiger partial charge in [0.1, 0.15) is 4.60 Å². The fourth-order valence-electron chi connectivity index (χ4n) is 2.12. The van der Waals surface area contributed by atoms with E-state index in [1.807, 2.05) is 18.3 Å². The molecule has 1 N–H and O–H groups in total. The van der Waals surface area contributed by atoms with E-state index in [-0.39, 0.29) is 30.9 Å². The second kappa shape index (κ2) is 9.51. The normalized spacial score (nSPS) is 16.6. The van der Waals surface area contributed by atoms with Gasteiger partial charge in [-0.15, -0.1) is 24.8 Å². The topological polar surface area (TPSA) is 52.0 Å². The lowest BCUT2D eigenvalue weighted by Crippen LogP contribution is -2.45. The molecule has 0 bridgehead atoms. The second-order valence-electron chi connectivity index (χ2n) is 4.08. The largest absolute Gasteiger partial charge is 0.314 e. The Morgan fingerprint density at radius 2 is 2.05 bits per heavy atom. The summed E-state index contributed by atoms with van der Waals surface area (Å²) in [5.74, 6) is 0. The van der Waals surface area contributed by atoms with Gasteiger partial charge in [-0.25, -0.2) is 4.98 Å². The SMILES string of the molecule is Cl.Cl.N#CC[C@H](c1ccc(Br)nc1)N1CCNCC1. The molecule has 1 fully saturated rings. The van der Waals surface area contributed by atoms with Crippen molar-refractivity contribution in [3.05, 3.63) is 28.5 Å². The molecule has 1 aromatic heterocycles. The third-order valence-electron chi connectivity index (χ3n) is 3.01. The van der Waals surface area contributed by atoms with Gasteiger partial charge in [0.2, 0.25) is 0 Å². The number of aromatic nitrogens is 1. The zero-order valence-electron chi connectivity index (χ0n) is 10.4. The Bertz CT molecular complexity index is 401. The van der Waals surface area contributed by atoms with Crippen LogP contribution in [0.25, 0.3) is 0 Å². The maximum Gasteiger partial charge on any atom is 0.106 e. The van der Waals surface area contributed by atoms with Gasteiger partial charge in [-0.1, -0.05) is 6.07 Å². The highest BCUT2D eigenvalue weighted by Crippen LogP contribution is 2.24. The van der Waals surface area contributed by atoms with Gasteiger partial charge in [-0.05, 0) is 27.6 Å². The van der Waals surface area contributed by atoms with E-state index < -0.39 is 0 Å². The number of halogens is 3. The van der Waals surface area contributed by atoms with Crippen molar-refractivity contribution in [3.63, 3.8) is 0 Å². The van der Waals surface area contributed by atoms with Crippen LogP contribution in [0.2, 0.25) is 0 Å². The number of nitriles is 1. The summed E-state index contributed by atoms with van der Waals surface area (Å²) in [4.78, 5) is 6.59. The molecule has 2 heterocycles. The van der Waals surface area contributed by atoms with Gasteiger partial charge in [0, 0.05) is 38.4 Å².